The molecule has 0 saturated carbocycles. The Hall–Kier alpha value is -1.02. The smallest absolute Gasteiger partial charge is 0.323 e. The van der Waals surface area contributed by atoms with Gasteiger partial charge in [-0.25, -0.2) is 0 Å². The van der Waals surface area contributed by atoms with Crippen molar-refractivity contribution < 1.29 is 28.7 Å². The molecule has 0 atom stereocenters. The van der Waals surface area contributed by atoms with Gasteiger partial charge in [-0.1, -0.05) is 0 Å². The molecule has 0 unspecified atom stereocenters. The van der Waals surface area contributed by atoms with E-state index in [0.29, 0.717) is 0 Å². The number of hydrogen-bond donors (Lipinski definition) is 2. The molecule has 0 bridgehead atoms. The average molecular weight is 266 g/mol. The maximum atomic E-state index is 10.9. The zero-order valence-corrected chi connectivity index (χ0v) is 9.96. The van der Waals surface area contributed by atoms with Crippen LogP contribution in [0.2, 0.25) is 0 Å². The molecule has 0 aliphatic heterocycles. The van der Waals surface area contributed by atoms with Crippen LogP contribution in [0.1, 0.15) is 12.8 Å². The number of esters is 4. The summed E-state index contributed by atoms with van der Waals surface area (Å²) >= 11 is 7.17. The van der Waals surface area contributed by atoms with Gasteiger partial charge in [0.25, 0.3) is 0 Å². The topological polar surface area (TPSA) is 86.7 Å². The van der Waals surface area contributed by atoms with E-state index in [4.69, 9.17) is 0 Å². The summed E-state index contributed by atoms with van der Waals surface area (Å²) in [6, 6.07) is 0. The third-order valence-electron chi connectivity index (χ3n) is 1.25. The molecule has 16 heavy (non-hydrogen) atoms. The Bertz CT molecular complexity index is 271. The van der Waals surface area contributed by atoms with Gasteiger partial charge >= 0.3 is 23.9 Å². The minimum Gasteiger partial charge on any atom is -0.393 e. The van der Waals surface area contributed by atoms with Crippen molar-refractivity contribution in [3.05, 3.63) is 0 Å². The quantitative estimate of drug-likeness (QED) is 0.406. The predicted molar refractivity (Wildman–Crippen MR) is 59.1 cm³/mol. The first-order valence-electron chi connectivity index (χ1n) is 4.18. The summed E-state index contributed by atoms with van der Waals surface area (Å²) in [4.78, 5) is 43.0. The van der Waals surface area contributed by atoms with Gasteiger partial charge in [0.1, 0.15) is 0 Å². The van der Waals surface area contributed by atoms with Crippen molar-refractivity contribution >= 4 is 49.1 Å². The summed E-state index contributed by atoms with van der Waals surface area (Å²) in [5.74, 6) is -3.78. The predicted octanol–water partition coefficient (Wildman–Crippen LogP) is -0.234. The van der Waals surface area contributed by atoms with Crippen LogP contribution in [0.5, 0.6) is 0 Å². The number of thiol groups is 2. The van der Waals surface area contributed by atoms with Crippen LogP contribution in [0, 0.1) is 0 Å². The fourth-order valence-corrected chi connectivity index (χ4v) is 0.754. The van der Waals surface area contributed by atoms with E-state index in [-0.39, 0.29) is 24.3 Å². The highest BCUT2D eigenvalue weighted by Gasteiger charge is 2.14. The van der Waals surface area contributed by atoms with Crippen LogP contribution in [0.4, 0.5) is 0 Å². The fraction of sp³-hybridized carbons (Fsp3) is 0.500. The van der Waals surface area contributed by atoms with Gasteiger partial charge in [-0.3, -0.25) is 19.2 Å². The summed E-state index contributed by atoms with van der Waals surface area (Å²) in [7, 11) is 0. The van der Waals surface area contributed by atoms with Crippen molar-refractivity contribution in [1.82, 2.24) is 0 Å². The first kappa shape index (κ1) is 15.0. The van der Waals surface area contributed by atoms with Crippen LogP contribution >= 0.6 is 25.3 Å². The van der Waals surface area contributed by atoms with E-state index in [1.165, 1.54) is 0 Å². The molecule has 0 heterocycles. The molecule has 8 heteroatoms. The summed E-state index contributed by atoms with van der Waals surface area (Å²) in [5.41, 5.74) is 0. The Morgan fingerprint density at radius 1 is 0.688 bits per heavy atom. The second kappa shape index (κ2) is 8.17. The summed E-state index contributed by atoms with van der Waals surface area (Å²) < 4.78 is 8.44. The molecule has 0 aliphatic carbocycles. The zero-order valence-electron chi connectivity index (χ0n) is 8.17. The zero-order chi connectivity index (χ0) is 12.6. The molecule has 0 aromatic carbocycles. The highest BCUT2D eigenvalue weighted by atomic mass is 32.1. The van der Waals surface area contributed by atoms with Gasteiger partial charge in [0.2, 0.25) is 0 Å². The molecule has 0 N–H and O–H groups in total. The largest absolute Gasteiger partial charge is 0.393 e. The van der Waals surface area contributed by atoms with E-state index in [1.54, 1.807) is 0 Å². The second-order valence-corrected chi connectivity index (χ2v) is 3.14. The van der Waals surface area contributed by atoms with E-state index in [2.05, 4.69) is 34.7 Å². The number of carbonyl (C=O) groups excluding carboxylic acids is 4. The lowest BCUT2D eigenvalue weighted by Crippen LogP contribution is -2.17. The molecule has 0 aromatic rings. The van der Waals surface area contributed by atoms with Crippen molar-refractivity contribution in [3.8, 4) is 0 Å². The number of carbonyl (C=O) groups is 4. The molecule has 0 aromatic heterocycles. The van der Waals surface area contributed by atoms with Crippen LogP contribution in [-0.2, 0) is 28.7 Å². The van der Waals surface area contributed by atoms with E-state index in [0.717, 1.165) is 0 Å². The van der Waals surface area contributed by atoms with Crippen molar-refractivity contribution in [2.24, 2.45) is 0 Å². The summed E-state index contributed by atoms with van der Waals surface area (Å²) in [6.45, 7) is 0. The van der Waals surface area contributed by atoms with Gasteiger partial charge in [-0.2, -0.15) is 25.3 Å². The number of hydrogen-bond acceptors (Lipinski definition) is 8. The third kappa shape index (κ3) is 7.30. The highest BCUT2D eigenvalue weighted by Crippen LogP contribution is 1.98. The fourth-order valence-electron chi connectivity index (χ4n) is 0.625. The van der Waals surface area contributed by atoms with Crippen molar-refractivity contribution in [2.75, 3.05) is 11.5 Å². The number of ether oxygens (including phenoxy) is 2. The molecule has 0 aliphatic rings. The van der Waals surface area contributed by atoms with Gasteiger partial charge < -0.3 is 9.47 Å². The standard InChI is InChI=1S/C8H10O6S2/c9-5(13-7(11)3-15)1-2-6(10)14-8(12)4-16/h15-16H,1-4H2. The van der Waals surface area contributed by atoms with Crippen molar-refractivity contribution in [1.29, 1.82) is 0 Å². The van der Waals surface area contributed by atoms with E-state index in [9.17, 15) is 19.2 Å². The lowest BCUT2D eigenvalue weighted by Gasteiger charge is -2.01. The first-order chi connectivity index (χ1) is 7.49. The van der Waals surface area contributed by atoms with Crippen LogP contribution < -0.4 is 0 Å². The second-order valence-electron chi connectivity index (χ2n) is 2.51. The lowest BCUT2D eigenvalue weighted by molar-refractivity contribution is -0.163. The van der Waals surface area contributed by atoms with E-state index < -0.39 is 23.9 Å². The molecule has 90 valence electrons. The van der Waals surface area contributed by atoms with Crippen molar-refractivity contribution in [2.45, 2.75) is 12.8 Å². The lowest BCUT2D eigenvalue weighted by atomic mass is 10.3. The SMILES string of the molecule is O=C(CS)OC(=O)CCC(=O)OC(=O)CS. The molecule has 0 fully saturated rings. The molecule has 0 saturated heterocycles. The Labute approximate surface area is 102 Å². The monoisotopic (exact) mass is 266 g/mol. The van der Waals surface area contributed by atoms with Gasteiger partial charge in [-0.05, 0) is 0 Å². The molecular formula is C8H10O6S2. The highest BCUT2D eigenvalue weighted by molar-refractivity contribution is 7.81. The van der Waals surface area contributed by atoms with Crippen molar-refractivity contribution in [3.63, 3.8) is 0 Å². The maximum Gasteiger partial charge on any atom is 0.323 e. The maximum absolute atomic E-state index is 10.9. The Morgan fingerprint density at radius 2 is 1.00 bits per heavy atom. The molecule has 0 radical (unpaired) electrons. The minimum absolute atomic E-state index is 0.228. The van der Waals surface area contributed by atoms with Crippen LogP contribution in [0.25, 0.3) is 0 Å². The molecule has 0 amide bonds. The Balaban J connectivity index is 3.79. The van der Waals surface area contributed by atoms with Gasteiger partial charge in [0, 0.05) is 0 Å². The van der Waals surface area contributed by atoms with Gasteiger partial charge in [0.05, 0.1) is 24.3 Å². The van der Waals surface area contributed by atoms with Gasteiger partial charge in [0.15, 0.2) is 0 Å². The van der Waals surface area contributed by atoms with Crippen LogP contribution in [-0.4, -0.2) is 35.4 Å². The van der Waals surface area contributed by atoms with Crippen LogP contribution in [0.3, 0.4) is 0 Å². The van der Waals surface area contributed by atoms with Gasteiger partial charge in [-0.15, -0.1) is 0 Å². The molecule has 0 spiro atoms. The molecular weight excluding hydrogens is 256 g/mol. The third-order valence-corrected chi connectivity index (χ3v) is 1.76. The van der Waals surface area contributed by atoms with E-state index >= 15 is 0 Å². The molecule has 6 nitrogen and oxygen atoms in total. The van der Waals surface area contributed by atoms with E-state index in [1.807, 2.05) is 0 Å². The Kier molecular flexibility index (Phi) is 7.65. The normalized spacial score (nSPS) is 9.38. The first-order valence-corrected chi connectivity index (χ1v) is 5.44. The Morgan fingerprint density at radius 3 is 1.25 bits per heavy atom. The summed E-state index contributed by atoms with van der Waals surface area (Å²) in [5, 5.41) is 0. The summed E-state index contributed by atoms with van der Waals surface area (Å²) in [6.07, 6.45) is -0.670. The molecule has 0 rings (SSSR count). The number of rotatable bonds is 5. The average Bonchev–Trinajstić information content (AvgIpc) is 2.26. The minimum atomic E-state index is -0.866. The van der Waals surface area contributed by atoms with Crippen LogP contribution in [0.15, 0.2) is 0 Å².